The van der Waals surface area contributed by atoms with Gasteiger partial charge in [0.25, 0.3) is 11.5 Å². The first kappa shape index (κ1) is 22.7. The number of urea groups is 1. The van der Waals surface area contributed by atoms with Crippen molar-refractivity contribution < 1.29 is 19.3 Å². The van der Waals surface area contributed by atoms with Crippen molar-refractivity contribution in [1.29, 1.82) is 0 Å². The van der Waals surface area contributed by atoms with Crippen LogP contribution in [0.3, 0.4) is 0 Å². The average molecular weight is 453 g/mol. The average Bonchev–Trinajstić information content (AvgIpc) is 2.75. The standard InChI is InChI=1S/C24H29N5O4/c1-15(30)17-4-6-19(7-5-17)25-24(33)28-11-16-10-18(13-28)21-9-8-20(23(32)29(21)12-16)26-22(31)14-27(2)3/h4-9,16,18H,10-14H2,1-3H3,(H,25,33)(H,26,31)/p+1/t16-,18+/m0/s1. The molecule has 1 fully saturated rings. The van der Waals surface area contributed by atoms with Crippen LogP contribution < -0.4 is 21.1 Å². The van der Waals surface area contributed by atoms with Crippen molar-refractivity contribution in [1.82, 2.24) is 9.47 Å². The number of likely N-dealkylation sites (N-methyl/N-ethyl adjacent to an activating group) is 1. The molecule has 9 nitrogen and oxygen atoms in total. The second-order valence-electron chi connectivity index (χ2n) is 9.29. The molecule has 0 radical (unpaired) electrons. The summed E-state index contributed by atoms with van der Waals surface area (Å²) in [5.74, 6) is 0.0129. The van der Waals surface area contributed by atoms with Gasteiger partial charge in [-0.15, -0.1) is 0 Å². The molecule has 33 heavy (non-hydrogen) atoms. The van der Waals surface area contributed by atoms with Crippen molar-refractivity contribution in [3.63, 3.8) is 0 Å². The number of quaternary nitrogens is 1. The van der Waals surface area contributed by atoms with E-state index < -0.39 is 0 Å². The van der Waals surface area contributed by atoms with Gasteiger partial charge in [0.15, 0.2) is 12.3 Å². The highest BCUT2D eigenvalue weighted by Crippen LogP contribution is 2.35. The molecule has 0 unspecified atom stereocenters. The number of nitrogens with one attached hydrogen (secondary N) is 3. The number of amides is 3. The van der Waals surface area contributed by atoms with Gasteiger partial charge >= 0.3 is 6.03 Å². The maximum absolute atomic E-state index is 13.0. The van der Waals surface area contributed by atoms with Crippen molar-refractivity contribution in [3.8, 4) is 0 Å². The summed E-state index contributed by atoms with van der Waals surface area (Å²) in [5, 5.41) is 5.64. The minimum Gasteiger partial charge on any atom is -0.332 e. The molecule has 4 rings (SSSR count). The van der Waals surface area contributed by atoms with Crippen LogP contribution in [0.15, 0.2) is 41.2 Å². The van der Waals surface area contributed by atoms with Gasteiger partial charge in [0.2, 0.25) is 0 Å². The number of hydrogen-bond acceptors (Lipinski definition) is 4. The van der Waals surface area contributed by atoms with Crippen molar-refractivity contribution >= 4 is 29.1 Å². The molecule has 2 aromatic rings. The highest BCUT2D eigenvalue weighted by Gasteiger charge is 2.36. The second kappa shape index (κ2) is 9.19. The van der Waals surface area contributed by atoms with Crippen LogP contribution in [0, 0.1) is 5.92 Å². The molecule has 0 aliphatic carbocycles. The quantitative estimate of drug-likeness (QED) is 0.583. The number of nitrogens with zero attached hydrogens (tertiary/aromatic N) is 2. The van der Waals surface area contributed by atoms with Crippen LogP contribution in [-0.2, 0) is 11.3 Å². The highest BCUT2D eigenvalue weighted by molar-refractivity contribution is 5.95. The monoisotopic (exact) mass is 452 g/mol. The van der Waals surface area contributed by atoms with Crippen LogP contribution in [0.4, 0.5) is 16.2 Å². The van der Waals surface area contributed by atoms with E-state index in [0.29, 0.717) is 36.6 Å². The SMILES string of the molecule is CC(=O)c1ccc(NC(=O)N2C[C@@H]3C[C@H](C2)c2ccc(NC(=O)C[NH+](C)C)c(=O)n2C3)cc1. The number of carbonyl (C=O) groups is 3. The van der Waals surface area contributed by atoms with Gasteiger partial charge in [0.05, 0.1) is 14.1 Å². The summed E-state index contributed by atoms with van der Waals surface area (Å²) in [6, 6.07) is 10.2. The number of hydrogen-bond donors (Lipinski definition) is 3. The summed E-state index contributed by atoms with van der Waals surface area (Å²) in [6.07, 6.45) is 0.923. The minimum absolute atomic E-state index is 0.0211. The number of likely N-dealkylation sites (tertiary alicyclic amines) is 1. The number of pyridine rings is 1. The van der Waals surface area contributed by atoms with Crippen LogP contribution in [0.2, 0.25) is 0 Å². The third-order valence-electron chi connectivity index (χ3n) is 6.22. The van der Waals surface area contributed by atoms with Gasteiger partial charge in [0, 0.05) is 42.5 Å². The molecule has 2 aliphatic rings. The summed E-state index contributed by atoms with van der Waals surface area (Å²) >= 11 is 0. The smallest absolute Gasteiger partial charge is 0.321 e. The molecule has 0 saturated carbocycles. The first-order valence-electron chi connectivity index (χ1n) is 11.2. The van der Waals surface area contributed by atoms with E-state index in [4.69, 9.17) is 0 Å². The first-order chi connectivity index (χ1) is 15.7. The van der Waals surface area contributed by atoms with Gasteiger partial charge in [-0.25, -0.2) is 4.79 Å². The third-order valence-corrected chi connectivity index (χ3v) is 6.22. The number of fused-ring (bicyclic) bond motifs is 4. The Morgan fingerprint density at radius 1 is 1.00 bits per heavy atom. The summed E-state index contributed by atoms with van der Waals surface area (Å²) < 4.78 is 1.76. The Hall–Kier alpha value is -3.46. The Labute approximate surface area is 192 Å². The maximum atomic E-state index is 13.0. The zero-order valence-corrected chi connectivity index (χ0v) is 19.2. The summed E-state index contributed by atoms with van der Waals surface area (Å²) in [6.45, 7) is 3.38. The molecular formula is C24H30N5O4+. The van der Waals surface area contributed by atoms with E-state index in [0.717, 1.165) is 17.0 Å². The topological polar surface area (TPSA) is 105 Å². The summed E-state index contributed by atoms with van der Waals surface area (Å²) in [4.78, 5) is 52.2. The molecule has 1 saturated heterocycles. The van der Waals surface area contributed by atoms with E-state index in [2.05, 4.69) is 10.6 Å². The zero-order valence-electron chi connectivity index (χ0n) is 19.2. The molecule has 1 aromatic heterocycles. The van der Waals surface area contributed by atoms with Crippen molar-refractivity contribution in [2.45, 2.75) is 25.8 Å². The lowest BCUT2D eigenvalue weighted by Crippen LogP contribution is -3.06. The van der Waals surface area contributed by atoms with E-state index in [1.807, 2.05) is 20.2 Å². The number of Topliss-reactive ketones (excluding diaryl/α,β-unsaturated/α-hetero) is 1. The molecule has 3 amide bonds. The summed E-state index contributed by atoms with van der Waals surface area (Å²) in [7, 11) is 3.76. The number of benzene rings is 1. The molecular weight excluding hydrogens is 422 g/mol. The maximum Gasteiger partial charge on any atom is 0.321 e. The first-order valence-corrected chi connectivity index (χ1v) is 11.2. The Balaban J connectivity index is 1.46. The van der Waals surface area contributed by atoms with Crippen LogP contribution in [0.1, 0.15) is 35.3 Å². The van der Waals surface area contributed by atoms with Gasteiger partial charge in [0.1, 0.15) is 5.69 Å². The molecule has 3 heterocycles. The number of rotatable bonds is 5. The predicted octanol–water partition coefficient (Wildman–Crippen LogP) is 0.785. The lowest BCUT2D eigenvalue weighted by Gasteiger charge is -2.42. The third kappa shape index (κ3) is 4.98. The second-order valence-corrected chi connectivity index (χ2v) is 9.29. The molecule has 174 valence electrons. The van der Waals surface area contributed by atoms with Crippen LogP contribution in [0.5, 0.6) is 0 Å². The van der Waals surface area contributed by atoms with E-state index in [9.17, 15) is 19.2 Å². The van der Waals surface area contributed by atoms with Crippen LogP contribution in [-0.4, -0.2) is 60.9 Å². The van der Waals surface area contributed by atoms with E-state index >= 15 is 0 Å². The van der Waals surface area contributed by atoms with Crippen LogP contribution in [0.25, 0.3) is 0 Å². The lowest BCUT2D eigenvalue weighted by molar-refractivity contribution is -0.849. The van der Waals surface area contributed by atoms with Gasteiger partial charge in [-0.05, 0) is 55.7 Å². The number of carbonyl (C=O) groups excluding carboxylic acids is 3. The molecule has 1 aromatic carbocycles. The van der Waals surface area contributed by atoms with Gasteiger partial charge in [-0.3, -0.25) is 14.4 Å². The molecule has 3 N–H and O–H groups in total. The van der Waals surface area contributed by atoms with Crippen molar-refractivity contribution in [3.05, 3.63) is 58.0 Å². The Morgan fingerprint density at radius 2 is 1.73 bits per heavy atom. The molecule has 2 aliphatic heterocycles. The molecule has 9 heteroatoms. The lowest BCUT2D eigenvalue weighted by atomic mass is 9.83. The zero-order chi connectivity index (χ0) is 23.7. The Kier molecular flexibility index (Phi) is 6.33. The fourth-order valence-electron chi connectivity index (χ4n) is 4.71. The van der Waals surface area contributed by atoms with Crippen molar-refractivity contribution in [2.75, 3.05) is 44.4 Å². The van der Waals surface area contributed by atoms with Crippen molar-refractivity contribution in [2.24, 2.45) is 5.92 Å². The van der Waals surface area contributed by atoms with E-state index in [-0.39, 0.29) is 41.7 Å². The largest absolute Gasteiger partial charge is 0.332 e. The van der Waals surface area contributed by atoms with Gasteiger partial charge < -0.3 is 25.0 Å². The molecule has 2 bridgehead atoms. The number of ketones is 1. The number of anilines is 2. The molecule has 0 spiro atoms. The number of aromatic nitrogens is 1. The minimum atomic E-state index is -0.192. The predicted molar refractivity (Wildman–Crippen MR) is 125 cm³/mol. The Morgan fingerprint density at radius 3 is 2.39 bits per heavy atom. The van der Waals surface area contributed by atoms with Gasteiger partial charge in [-0.1, -0.05) is 0 Å². The Bertz CT molecular complexity index is 1140. The van der Waals surface area contributed by atoms with Crippen LogP contribution >= 0.6 is 0 Å². The normalized spacial score (nSPS) is 19.1. The number of piperidine rings is 1. The fraction of sp³-hybridized carbons (Fsp3) is 0.417. The fourth-order valence-corrected chi connectivity index (χ4v) is 4.71. The highest BCUT2D eigenvalue weighted by atomic mass is 16.2. The van der Waals surface area contributed by atoms with E-state index in [1.54, 1.807) is 39.8 Å². The summed E-state index contributed by atoms with van der Waals surface area (Å²) in [5.41, 5.74) is 2.25. The van der Waals surface area contributed by atoms with Gasteiger partial charge in [-0.2, -0.15) is 0 Å². The van der Waals surface area contributed by atoms with E-state index in [1.165, 1.54) is 6.92 Å². The molecule has 2 atom stereocenters.